The van der Waals surface area contributed by atoms with E-state index in [1.54, 1.807) is 19.2 Å². The van der Waals surface area contributed by atoms with Gasteiger partial charge in [-0.2, -0.15) is 0 Å². The molecule has 22 heavy (non-hydrogen) atoms. The molecule has 0 N–H and O–H groups in total. The van der Waals surface area contributed by atoms with Crippen molar-refractivity contribution in [1.82, 2.24) is 0 Å². The fourth-order valence-electron chi connectivity index (χ4n) is 2.49. The summed E-state index contributed by atoms with van der Waals surface area (Å²) in [5.74, 6) is 0.491. The van der Waals surface area contributed by atoms with E-state index in [1.165, 1.54) is 12.1 Å². The van der Waals surface area contributed by atoms with Gasteiger partial charge < -0.3 is 4.74 Å². The Morgan fingerprint density at radius 1 is 0.818 bits per heavy atom. The molecule has 0 saturated carbocycles. The predicted molar refractivity (Wildman–Crippen MR) is 88.8 cm³/mol. The summed E-state index contributed by atoms with van der Waals surface area (Å²) in [5.41, 5.74) is 3.89. The van der Waals surface area contributed by atoms with E-state index in [-0.39, 0.29) is 5.82 Å². The highest BCUT2D eigenvalue weighted by molar-refractivity contribution is 6.30. The second-order valence-electron chi connectivity index (χ2n) is 4.90. The largest absolute Gasteiger partial charge is 0.496 e. The lowest BCUT2D eigenvalue weighted by Gasteiger charge is -2.14. The zero-order chi connectivity index (χ0) is 15.5. The monoisotopic (exact) mass is 312 g/mol. The lowest BCUT2D eigenvalue weighted by atomic mass is 9.94. The van der Waals surface area contributed by atoms with Crippen LogP contribution in [0.25, 0.3) is 22.3 Å². The number of hydrogen-bond donors (Lipinski definition) is 0. The van der Waals surface area contributed by atoms with Crippen LogP contribution < -0.4 is 4.74 Å². The molecule has 0 aliphatic heterocycles. The van der Waals surface area contributed by atoms with Crippen molar-refractivity contribution >= 4 is 11.6 Å². The van der Waals surface area contributed by atoms with Gasteiger partial charge in [0, 0.05) is 10.6 Å². The molecule has 3 aromatic rings. The summed E-state index contributed by atoms with van der Waals surface area (Å²) in [6, 6.07) is 19.9. The Labute approximate surface area is 133 Å². The summed E-state index contributed by atoms with van der Waals surface area (Å²) in [6.07, 6.45) is 0. The van der Waals surface area contributed by atoms with Crippen molar-refractivity contribution in [2.75, 3.05) is 7.11 Å². The SMILES string of the molecule is COc1cccc(-c2ccc(Cl)cc2)c1-c1ccc(F)cc1. The summed E-state index contributed by atoms with van der Waals surface area (Å²) in [4.78, 5) is 0. The van der Waals surface area contributed by atoms with E-state index >= 15 is 0 Å². The Morgan fingerprint density at radius 2 is 1.45 bits per heavy atom. The highest BCUT2D eigenvalue weighted by Gasteiger charge is 2.13. The third kappa shape index (κ3) is 2.83. The standard InChI is InChI=1S/C19H14ClFO/c1-22-18-4-2-3-17(13-5-9-15(20)10-6-13)19(18)14-7-11-16(21)12-8-14/h2-12H,1H3. The van der Waals surface area contributed by atoms with Crippen molar-refractivity contribution in [2.45, 2.75) is 0 Å². The van der Waals surface area contributed by atoms with E-state index in [0.717, 1.165) is 28.0 Å². The molecule has 0 unspecified atom stereocenters. The van der Waals surface area contributed by atoms with Crippen LogP contribution in [0, 0.1) is 5.82 Å². The summed E-state index contributed by atoms with van der Waals surface area (Å²) in [6.45, 7) is 0. The Hall–Kier alpha value is -2.32. The predicted octanol–water partition coefficient (Wildman–Crippen LogP) is 5.82. The maximum Gasteiger partial charge on any atom is 0.127 e. The van der Waals surface area contributed by atoms with Crippen LogP contribution in [0.4, 0.5) is 4.39 Å². The van der Waals surface area contributed by atoms with Crippen LogP contribution in [-0.4, -0.2) is 7.11 Å². The van der Waals surface area contributed by atoms with E-state index in [2.05, 4.69) is 0 Å². The van der Waals surface area contributed by atoms with Crippen LogP contribution in [0.3, 0.4) is 0 Å². The van der Waals surface area contributed by atoms with Crippen LogP contribution >= 0.6 is 11.6 Å². The van der Waals surface area contributed by atoms with Crippen LogP contribution in [-0.2, 0) is 0 Å². The summed E-state index contributed by atoms with van der Waals surface area (Å²) < 4.78 is 18.7. The van der Waals surface area contributed by atoms with Crippen LogP contribution in [0.15, 0.2) is 66.7 Å². The van der Waals surface area contributed by atoms with Gasteiger partial charge in [-0.1, -0.05) is 48.0 Å². The number of hydrogen-bond acceptors (Lipinski definition) is 1. The molecule has 0 amide bonds. The molecule has 0 atom stereocenters. The summed E-state index contributed by atoms with van der Waals surface area (Å²) in [5, 5.41) is 0.690. The average molecular weight is 313 g/mol. The van der Waals surface area contributed by atoms with Crippen LogP contribution in [0.2, 0.25) is 5.02 Å². The molecule has 0 spiro atoms. The quantitative estimate of drug-likeness (QED) is 0.592. The number of ether oxygens (including phenoxy) is 1. The first kappa shape index (κ1) is 14.6. The van der Waals surface area contributed by atoms with Crippen LogP contribution in [0.5, 0.6) is 5.75 Å². The molecule has 0 heterocycles. The second-order valence-corrected chi connectivity index (χ2v) is 5.33. The third-order valence-electron chi connectivity index (χ3n) is 3.53. The van der Waals surface area contributed by atoms with Gasteiger partial charge in [0.25, 0.3) is 0 Å². The molecular weight excluding hydrogens is 299 g/mol. The Bertz CT molecular complexity index is 780. The number of rotatable bonds is 3. The van der Waals surface area contributed by atoms with Gasteiger partial charge in [0.2, 0.25) is 0 Å². The molecule has 0 fully saturated rings. The first-order valence-electron chi connectivity index (χ1n) is 6.88. The fourth-order valence-corrected chi connectivity index (χ4v) is 2.61. The van der Waals surface area contributed by atoms with Gasteiger partial charge in [-0.15, -0.1) is 0 Å². The average Bonchev–Trinajstić information content (AvgIpc) is 2.56. The summed E-state index contributed by atoms with van der Waals surface area (Å²) in [7, 11) is 1.63. The minimum atomic E-state index is -0.258. The van der Waals surface area contributed by atoms with Crippen LogP contribution in [0.1, 0.15) is 0 Å². The van der Waals surface area contributed by atoms with Crippen molar-refractivity contribution in [3.63, 3.8) is 0 Å². The normalized spacial score (nSPS) is 10.5. The lowest BCUT2D eigenvalue weighted by Crippen LogP contribution is -1.92. The smallest absolute Gasteiger partial charge is 0.127 e. The number of methoxy groups -OCH3 is 1. The minimum Gasteiger partial charge on any atom is -0.496 e. The molecule has 0 aliphatic rings. The van der Waals surface area contributed by atoms with E-state index in [4.69, 9.17) is 16.3 Å². The molecule has 0 aliphatic carbocycles. The number of halogens is 2. The first-order chi connectivity index (χ1) is 10.7. The van der Waals surface area contributed by atoms with E-state index in [1.807, 2.05) is 42.5 Å². The van der Waals surface area contributed by atoms with Crippen molar-refractivity contribution in [1.29, 1.82) is 0 Å². The van der Waals surface area contributed by atoms with Gasteiger partial charge in [-0.25, -0.2) is 4.39 Å². The molecule has 3 rings (SSSR count). The Kier molecular flexibility index (Phi) is 4.12. The van der Waals surface area contributed by atoms with Gasteiger partial charge in [-0.3, -0.25) is 0 Å². The van der Waals surface area contributed by atoms with E-state index in [0.29, 0.717) is 5.02 Å². The van der Waals surface area contributed by atoms with Crippen molar-refractivity contribution < 1.29 is 9.13 Å². The van der Waals surface area contributed by atoms with Crippen molar-refractivity contribution in [3.05, 3.63) is 77.6 Å². The van der Waals surface area contributed by atoms with E-state index in [9.17, 15) is 4.39 Å². The molecule has 0 radical (unpaired) electrons. The zero-order valence-corrected chi connectivity index (χ0v) is 12.8. The minimum absolute atomic E-state index is 0.258. The topological polar surface area (TPSA) is 9.23 Å². The molecule has 1 nitrogen and oxygen atoms in total. The lowest BCUT2D eigenvalue weighted by molar-refractivity contribution is 0.416. The third-order valence-corrected chi connectivity index (χ3v) is 3.79. The molecule has 110 valence electrons. The number of benzene rings is 3. The fraction of sp³-hybridized carbons (Fsp3) is 0.0526. The maximum absolute atomic E-state index is 13.2. The summed E-state index contributed by atoms with van der Waals surface area (Å²) >= 11 is 5.97. The second kappa shape index (κ2) is 6.20. The zero-order valence-electron chi connectivity index (χ0n) is 12.0. The Balaban J connectivity index is 2.22. The molecular formula is C19H14ClFO. The van der Waals surface area contributed by atoms with Gasteiger partial charge in [-0.05, 0) is 47.0 Å². The van der Waals surface area contributed by atoms with Gasteiger partial charge >= 0.3 is 0 Å². The highest BCUT2D eigenvalue weighted by Crippen LogP contribution is 2.39. The maximum atomic E-state index is 13.2. The highest BCUT2D eigenvalue weighted by atomic mass is 35.5. The van der Waals surface area contributed by atoms with Gasteiger partial charge in [0.1, 0.15) is 11.6 Å². The first-order valence-corrected chi connectivity index (χ1v) is 7.26. The Morgan fingerprint density at radius 3 is 2.09 bits per heavy atom. The molecule has 0 aromatic heterocycles. The van der Waals surface area contributed by atoms with E-state index < -0.39 is 0 Å². The van der Waals surface area contributed by atoms with Crippen molar-refractivity contribution in [3.8, 4) is 28.0 Å². The molecule has 3 aromatic carbocycles. The van der Waals surface area contributed by atoms with Crippen molar-refractivity contribution in [2.24, 2.45) is 0 Å². The molecule has 0 saturated heterocycles. The van der Waals surface area contributed by atoms with Gasteiger partial charge in [0.15, 0.2) is 0 Å². The molecule has 3 heteroatoms. The van der Waals surface area contributed by atoms with Gasteiger partial charge in [0.05, 0.1) is 7.11 Å². The molecule has 0 bridgehead atoms.